The number of H-pyrrole nitrogens is 1. The molecule has 3 aromatic heterocycles. The number of anilines is 2. The second-order valence-electron chi connectivity index (χ2n) is 10.9. The topological polar surface area (TPSA) is 123 Å². The van der Waals surface area contributed by atoms with Gasteiger partial charge in [0.15, 0.2) is 11.0 Å². The lowest BCUT2D eigenvalue weighted by atomic mass is 10.1. The number of piperazine rings is 1. The first-order valence-corrected chi connectivity index (χ1v) is 15.2. The maximum atomic E-state index is 13.2. The summed E-state index contributed by atoms with van der Waals surface area (Å²) in [5.74, 6) is 0.605. The predicted molar refractivity (Wildman–Crippen MR) is 167 cm³/mol. The van der Waals surface area contributed by atoms with Gasteiger partial charge in [0.1, 0.15) is 0 Å². The van der Waals surface area contributed by atoms with Crippen molar-refractivity contribution in [1.82, 2.24) is 34.9 Å². The summed E-state index contributed by atoms with van der Waals surface area (Å²) in [6, 6.07) is 17.6. The number of nitrogens with zero attached hydrogens (tertiary/aromatic N) is 7. The zero-order chi connectivity index (χ0) is 29.2. The number of aromatic amines is 1. The van der Waals surface area contributed by atoms with Crippen LogP contribution in [0.25, 0.3) is 32.9 Å². The van der Waals surface area contributed by atoms with Crippen LogP contribution in [0.3, 0.4) is 0 Å². The molecule has 2 aliphatic heterocycles. The zero-order valence-electron chi connectivity index (χ0n) is 23.5. The number of benzene rings is 2. The molecule has 43 heavy (non-hydrogen) atoms. The van der Waals surface area contributed by atoms with Gasteiger partial charge in [-0.1, -0.05) is 41.7 Å². The third-order valence-electron chi connectivity index (χ3n) is 8.06. The fourth-order valence-electron chi connectivity index (χ4n) is 5.72. The number of carbonyl (C=O) groups excluding carboxylic acids is 2. The average molecular weight is 594 g/mol. The molecule has 0 aliphatic carbocycles. The first-order chi connectivity index (χ1) is 21.1. The van der Waals surface area contributed by atoms with E-state index in [9.17, 15) is 9.59 Å². The smallest absolute Gasteiger partial charge is 0.236 e. The maximum absolute atomic E-state index is 13.2. The highest BCUT2D eigenvalue weighted by molar-refractivity contribution is 7.18. The Bertz CT molecular complexity index is 1730. The number of rotatable bonds is 7. The standard InChI is InChI=1S/C31H31N9O2S/c41-27(39-13-15-40(16-14-39)31-34-18-26(43-31)29-32-10-4-11-33-29)20-38-12-9-22(19-38)30(42)35-23-7-8-25-24(17-23)28(37-36-25)21-5-2-1-3-6-21/h1-8,10-11,17-18,22H,9,12-16,19-20H2,(H,35,42)(H,36,37)/t22-/m1/s1. The molecule has 1 atom stereocenters. The summed E-state index contributed by atoms with van der Waals surface area (Å²) in [6.45, 7) is 4.39. The van der Waals surface area contributed by atoms with Gasteiger partial charge in [0.05, 0.1) is 34.7 Å². The molecule has 218 valence electrons. The largest absolute Gasteiger partial charge is 0.345 e. The fraction of sp³-hybridized carbons (Fsp3) is 0.290. The lowest BCUT2D eigenvalue weighted by Gasteiger charge is -2.35. The first kappa shape index (κ1) is 27.2. The van der Waals surface area contributed by atoms with Crippen LogP contribution in [0.1, 0.15) is 6.42 Å². The normalized spacial score (nSPS) is 17.4. The minimum Gasteiger partial charge on any atom is -0.345 e. The number of aromatic nitrogens is 5. The van der Waals surface area contributed by atoms with Crippen LogP contribution in [0.5, 0.6) is 0 Å². The first-order valence-electron chi connectivity index (χ1n) is 14.4. The fourth-order valence-corrected chi connectivity index (χ4v) is 6.64. The molecule has 2 aromatic carbocycles. The van der Waals surface area contributed by atoms with Crippen LogP contribution < -0.4 is 10.2 Å². The van der Waals surface area contributed by atoms with Crippen molar-refractivity contribution in [2.75, 3.05) is 56.0 Å². The van der Waals surface area contributed by atoms with Crippen LogP contribution in [-0.4, -0.2) is 92.6 Å². The van der Waals surface area contributed by atoms with Crippen molar-refractivity contribution in [1.29, 1.82) is 0 Å². The molecule has 12 heteroatoms. The van der Waals surface area contributed by atoms with Gasteiger partial charge in [-0.15, -0.1) is 0 Å². The number of hydrogen-bond acceptors (Lipinski definition) is 9. The molecule has 2 amide bonds. The van der Waals surface area contributed by atoms with Gasteiger partial charge in [0.25, 0.3) is 0 Å². The number of amides is 2. The highest BCUT2D eigenvalue weighted by atomic mass is 32.1. The van der Waals surface area contributed by atoms with E-state index in [2.05, 4.69) is 40.3 Å². The van der Waals surface area contributed by atoms with Gasteiger partial charge in [-0.2, -0.15) is 5.10 Å². The summed E-state index contributed by atoms with van der Waals surface area (Å²) in [5.41, 5.74) is 3.54. The lowest BCUT2D eigenvalue weighted by molar-refractivity contribution is -0.132. The number of likely N-dealkylation sites (tertiary alicyclic amines) is 1. The Labute approximate surface area is 252 Å². The van der Waals surface area contributed by atoms with E-state index < -0.39 is 0 Å². The molecule has 0 radical (unpaired) electrons. The Hall–Kier alpha value is -4.68. The van der Waals surface area contributed by atoms with E-state index >= 15 is 0 Å². The molecule has 7 rings (SSSR count). The molecule has 2 saturated heterocycles. The molecule has 2 fully saturated rings. The molecule has 2 N–H and O–H groups in total. The Morgan fingerprint density at radius 2 is 1.77 bits per heavy atom. The minimum atomic E-state index is -0.161. The van der Waals surface area contributed by atoms with Crippen molar-refractivity contribution in [3.8, 4) is 22.0 Å². The van der Waals surface area contributed by atoms with Crippen LogP contribution in [0.15, 0.2) is 73.2 Å². The van der Waals surface area contributed by atoms with E-state index in [0.29, 0.717) is 32.0 Å². The van der Waals surface area contributed by atoms with Gasteiger partial charge >= 0.3 is 0 Å². The average Bonchev–Trinajstić information content (AvgIpc) is 3.82. The molecule has 11 nitrogen and oxygen atoms in total. The second kappa shape index (κ2) is 11.9. The quantitative estimate of drug-likeness (QED) is 0.293. The second-order valence-corrected chi connectivity index (χ2v) is 11.9. The van der Waals surface area contributed by atoms with Crippen molar-refractivity contribution in [2.24, 2.45) is 5.92 Å². The summed E-state index contributed by atoms with van der Waals surface area (Å²) < 4.78 is 0. The van der Waals surface area contributed by atoms with Crippen molar-refractivity contribution >= 4 is 44.9 Å². The minimum absolute atomic E-state index is 0.0172. The maximum Gasteiger partial charge on any atom is 0.236 e. The van der Waals surface area contributed by atoms with E-state index in [1.54, 1.807) is 29.8 Å². The third-order valence-corrected chi connectivity index (χ3v) is 9.12. The Kier molecular flexibility index (Phi) is 7.52. The van der Waals surface area contributed by atoms with E-state index in [4.69, 9.17) is 0 Å². The van der Waals surface area contributed by atoms with Crippen LogP contribution >= 0.6 is 11.3 Å². The van der Waals surface area contributed by atoms with Gasteiger partial charge < -0.3 is 15.1 Å². The van der Waals surface area contributed by atoms with Gasteiger partial charge in [0.2, 0.25) is 11.8 Å². The van der Waals surface area contributed by atoms with Crippen molar-refractivity contribution in [2.45, 2.75) is 6.42 Å². The van der Waals surface area contributed by atoms with Crippen molar-refractivity contribution in [3.63, 3.8) is 0 Å². The third kappa shape index (κ3) is 5.84. The molecule has 0 unspecified atom stereocenters. The summed E-state index contributed by atoms with van der Waals surface area (Å²) in [7, 11) is 0. The lowest BCUT2D eigenvalue weighted by Crippen LogP contribution is -2.51. The molecule has 5 heterocycles. The number of hydrogen-bond donors (Lipinski definition) is 2. The number of thiazole rings is 1. The summed E-state index contributed by atoms with van der Waals surface area (Å²) >= 11 is 1.57. The van der Waals surface area contributed by atoms with Gasteiger partial charge in [-0.3, -0.25) is 19.6 Å². The SMILES string of the molecule is O=C(Nc1ccc2[nH]nc(-c3ccccc3)c2c1)[C@@H]1CCN(CC(=O)N2CCN(c3ncc(-c4ncccn4)s3)CC2)C1. The number of carbonyl (C=O) groups is 2. The van der Waals surface area contributed by atoms with Crippen LogP contribution in [0.4, 0.5) is 10.8 Å². The Morgan fingerprint density at radius 3 is 2.58 bits per heavy atom. The Balaban J connectivity index is 0.904. The van der Waals surface area contributed by atoms with Crippen LogP contribution in [0.2, 0.25) is 0 Å². The van der Waals surface area contributed by atoms with E-state index in [1.807, 2.05) is 59.6 Å². The zero-order valence-corrected chi connectivity index (χ0v) is 24.3. The van der Waals surface area contributed by atoms with E-state index in [0.717, 1.165) is 63.9 Å². The predicted octanol–water partition coefficient (Wildman–Crippen LogP) is 3.75. The molecule has 0 bridgehead atoms. The molecule has 2 aliphatic rings. The van der Waals surface area contributed by atoms with Crippen molar-refractivity contribution < 1.29 is 9.59 Å². The van der Waals surface area contributed by atoms with E-state index in [1.165, 1.54) is 0 Å². The Morgan fingerprint density at radius 1 is 0.953 bits per heavy atom. The van der Waals surface area contributed by atoms with Crippen LogP contribution in [0, 0.1) is 5.92 Å². The van der Waals surface area contributed by atoms with Gasteiger partial charge in [-0.25, -0.2) is 15.0 Å². The highest BCUT2D eigenvalue weighted by Crippen LogP contribution is 2.30. The van der Waals surface area contributed by atoms with Gasteiger partial charge in [-0.05, 0) is 37.2 Å². The summed E-state index contributed by atoms with van der Waals surface area (Å²) in [6.07, 6.45) is 5.99. The highest BCUT2D eigenvalue weighted by Gasteiger charge is 2.31. The summed E-state index contributed by atoms with van der Waals surface area (Å²) in [5, 5.41) is 12.5. The molecule has 0 saturated carbocycles. The molecular formula is C31H31N9O2S. The number of fused-ring (bicyclic) bond motifs is 1. The number of nitrogens with one attached hydrogen (secondary N) is 2. The van der Waals surface area contributed by atoms with Crippen molar-refractivity contribution in [3.05, 3.63) is 73.2 Å². The molecular weight excluding hydrogens is 562 g/mol. The van der Waals surface area contributed by atoms with E-state index in [-0.39, 0.29) is 17.7 Å². The monoisotopic (exact) mass is 593 g/mol. The summed E-state index contributed by atoms with van der Waals surface area (Å²) in [4.78, 5) is 46.6. The molecule has 0 spiro atoms. The molecule has 5 aromatic rings. The van der Waals surface area contributed by atoms with Crippen LogP contribution in [-0.2, 0) is 9.59 Å². The van der Waals surface area contributed by atoms with Gasteiger partial charge in [0, 0.05) is 61.8 Å².